The molecule has 5 heteroatoms. The predicted octanol–water partition coefficient (Wildman–Crippen LogP) is 3.21. The monoisotopic (exact) mass is 296 g/mol. The zero-order valence-corrected chi connectivity index (χ0v) is 12.7. The minimum Gasteiger partial charge on any atom is -0.306 e. The van der Waals surface area contributed by atoms with Crippen molar-refractivity contribution in [2.24, 2.45) is 7.05 Å². The van der Waals surface area contributed by atoms with Gasteiger partial charge in [-0.2, -0.15) is 5.10 Å². The summed E-state index contributed by atoms with van der Waals surface area (Å²) in [7, 11) is 1.87. The van der Waals surface area contributed by atoms with Crippen LogP contribution in [0, 0.1) is 0 Å². The molecule has 0 aliphatic heterocycles. The van der Waals surface area contributed by atoms with Gasteiger partial charge in [-0.25, -0.2) is 4.98 Å². The number of aromatic nitrogens is 3. The van der Waals surface area contributed by atoms with E-state index < -0.39 is 0 Å². The topological polar surface area (TPSA) is 59.8 Å². The summed E-state index contributed by atoms with van der Waals surface area (Å²) in [6.07, 6.45) is 7.72. The van der Waals surface area contributed by atoms with Crippen LogP contribution in [0.3, 0.4) is 0 Å². The lowest BCUT2D eigenvalue weighted by Gasteiger charge is -2.24. The average Bonchev–Trinajstić information content (AvgIpc) is 3.21. The first kappa shape index (κ1) is 13.5. The largest absolute Gasteiger partial charge is 0.306 e. The molecule has 5 nitrogen and oxygen atoms in total. The maximum Gasteiger partial charge on any atom is 0.260 e. The molecule has 2 aromatic heterocycles. The molecule has 0 spiro atoms. The second-order valence-electron chi connectivity index (χ2n) is 6.41. The molecule has 2 saturated carbocycles. The molecule has 4 rings (SSSR count). The number of hydrogen-bond acceptors (Lipinski definition) is 3. The van der Waals surface area contributed by atoms with Gasteiger partial charge < -0.3 is 5.32 Å². The molecule has 2 aliphatic carbocycles. The van der Waals surface area contributed by atoms with E-state index in [0.29, 0.717) is 23.2 Å². The molecule has 0 radical (unpaired) electrons. The zero-order valence-electron chi connectivity index (χ0n) is 12.7. The molecule has 2 aromatic rings. The lowest BCUT2D eigenvalue weighted by Crippen LogP contribution is -2.18. The molecular weight excluding hydrogens is 276 g/mol. The zero-order chi connectivity index (χ0) is 15.1. The average molecular weight is 296 g/mol. The van der Waals surface area contributed by atoms with Crippen LogP contribution in [0.5, 0.6) is 0 Å². The number of nitrogens with one attached hydrogen (secondary N) is 1. The van der Waals surface area contributed by atoms with Crippen molar-refractivity contribution in [1.29, 1.82) is 0 Å². The fourth-order valence-corrected chi connectivity index (χ4v) is 2.98. The molecule has 0 aromatic carbocycles. The van der Waals surface area contributed by atoms with Crippen LogP contribution in [0.15, 0.2) is 24.4 Å². The Kier molecular flexibility index (Phi) is 3.21. The summed E-state index contributed by atoms with van der Waals surface area (Å²) in [4.78, 5) is 17.1. The van der Waals surface area contributed by atoms with Crippen LogP contribution in [-0.2, 0) is 7.05 Å². The molecule has 2 heterocycles. The van der Waals surface area contributed by atoms with Crippen molar-refractivity contribution in [1.82, 2.24) is 14.8 Å². The number of amides is 1. The Balaban J connectivity index is 1.55. The quantitative estimate of drug-likeness (QED) is 0.942. The van der Waals surface area contributed by atoms with Gasteiger partial charge in [-0.1, -0.05) is 12.5 Å². The normalized spacial score (nSPS) is 18.0. The highest BCUT2D eigenvalue weighted by atomic mass is 16.1. The van der Waals surface area contributed by atoms with Gasteiger partial charge in [-0.05, 0) is 37.8 Å². The summed E-state index contributed by atoms with van der Waals surface area (Å²) >= 11 is 0. The number of carbonyl (C=O) groups is 1. The van der Waals surface area contributed by atoms with Crippen LogP contribution < -0.4 is 5.32 Å². The number of hydrogen-bond donors (Lipinski definition) is 1. The third kappa shape index (κ3) is 2.51. The van der Waals surface area contributed by atoms with Gasteiger partial charge in [-0.15, -0.1) is 0 Å². The molecule has 0 atom stereocenters. The van der Waals surface area contributed by atoms with E-state index in [9.17, 15) is 4.79 Å². The fourth-order valence-electron chi connectivity index (χ4n) is 2.98. The Hall–Kier alpha value is -2.17. The van der Waals surface area contributed by atoms with Gasteiger partial charge in [0.25, 0.3) is 5.91 Å². The standard InChI is InChI=1S/C17H20N4O/c1-21-10-13(16(20-21)12-4-2-5-12)17(22)19-15-7-3-6-14(18-15)11-8-9-11/h3,6-7,10-12H,2,4-5,8-9H2,1H3,(H,18,19,22). The highest BCUT2D eigenvalue weighted by Gasteiger charge is 2.28. The van der Waals surface area contributed by atoms with Crippen molar-refractivity contribution < 1.29 is 4.79 Å². The SMILES string of the molecule is Cn1cc(C(=O)Nc2cccc(C3CC3)n2)c(C2CCC2)n1. The minimum atomic E-state index is -0.101. The predicted molar refractivity (Wildman–Crippen MR) is 84.0 cm³/mol. The van der Waals surface area contributed by atoms with Crippen molar-refractivity contribution in [3.8, 4) is 0 Å². The third-order valence-corrected chi connectivity index (χ3v) is 4.60. The minimum absolute atomic E-state index is 0.101. The molecule has 0 unspecified atom stereocenters. The Bertz CT molecular complexity index is 713. The van der Waals surface area contributed by atoms with E-state index in [-0.39, 0.29) is 5.91 Å². The van der Waals surface area contributed by atoms with Crippen LogP contribution >= 0.6 is 0 Å². The molecule has 2 aliphatic rings. The maximum atomic E-state index is 12.6. The number of nitrogens with zero attached hydrogens (tertiary/aromatic N) is 3. The van der Waals surface area contributed by atoms with E-state index in [2.05, 4.69) is 15.4 Å². The van der Waals surface area contributed by atoms with Gasteiger partial charge in [0.1, 0.15) is 5.82 Å². The van der Waals surface area contributed by atoms with Gasteiger partial charge in [0.05, 0.1) is 11.3 Å². The Morgan fingerprint density at radius 2 is 2.05 bits per heavy atom. The molecule has 1 N–H and O–H groups in total. The smallest absolute Gasteiger partial charge is 0.260 e. The van der Waals surface area contributed by atoms with E-state index in [1.54, 1.807) is 4.68 Å². The Labute approximate surface area is 129 Å². The molecule has 0 bridgehead atoms. The van der Waals surface area contributed by atoms with Gasteiger partial charge in [-0.3, -0.25) is 9.48 Å². The van der Waals surface area contributed by atoms with Crippen molar-refractivity contribution in [2.75, 3.05) is 5.32 Å². The number of pyridine rings is 1. The van der Waals surface area contributed by atoms with Crippen molar-refractivity contribution >= 4 is 11.7 Å². The van der Waals surface area contributed by atoms with Crippen molar-refractivity contribution in [3.05, 3.63) is 41.3 Å². The van der Waals surface area contributed by atoms with Crippen molar-refractivity contribution in [3.63, 3.8) is 0 Å². The number of anilines is 1. The summed E-state index contributed by atoms with van der Waals surface area (Å²) in [5, 5.41) is 7.42. The van der Waals surface area contributed by atoms with Gasteiger partial charge in [0.2, 0.25) is 0 Å². The second kappa shape index (κ2) is 5.23. The first-order chi connectivity index (χ1) is 10.7. The van der Waals surface area contributed by atoms with E-state index >= 15 is 0 Å². The van der Waals surface area contributed by atoms with E-state index in [4.69, 9.17) is 0 Å². The summed E-state index contributed by atoms with van der Waals surface area (Å²) in [5.41, 5.74) is 2.71. The summed E-state index contributed by atoms with van der Waals surface area (Å²) in [6, 6.07) is 5.85. The third-order valence-electron chi connectivity index (χ3n) is 4.60. The first-order valence-corrected chi connectivity index (χ1v) is 8.02. The summed E-state index contributed by atoms with van der Waals surface area (Å²) in [5.74, 6) is 1.56. The Morgan fingerprint density at radius 1 is 1.23 bits per heavy atom. The van der Waals surface area contributed by atoms with E-state index in [1.807, 2.05) is 31.4 Å². The summed E-state index contributed by atoms with van der Waals surface area (Å²) in [6.45, 7) is 0. The Morgan fingerprint density at radius 3 is 2.73 bits per heavy atom. The molecule has 1 amide bonds. The van der Waals surface area contributed by atoms with E-state index in [1.165, 1.54) is 19.3 Å². The number of carbonyl (C=O) groups excluding carboxylic acids is 1. The van der Waals surface area contributed by atoms with E-state index in [0.717, 1.165) is 24.2 Å². The highest BCUT2D eigenvalue weighted by molar-refractivity contribution is 6.04. The van der Waals surface area contributed by atoms with Crippen LogP contribution in [0.4, 0.5) is 5.82 Å². The molecule has 22 heavy (non-hydrogen) atoms. The van der Waals surface area contributed by atoms with Crippen molar-refractivity contribution in [2.45, 2.75) is 43.9 Å². The molecule has 114 valence electrons. The van der Waals surface area contributed by atoms with Gasteiger partial charge in [0, 0.05) is 30.8 Å². The number of rotatable bonds is 4. The maximum absolute atomic E-state index is 12.6. The highest BCUT2D eigenvalue weighted by Crippen LogP contribution is 2.39. The number of aryl methyl sites for hydroxylation is 1. The summed E-state index contributed by atoms with van der Waals surface area (Å²) < 4.78 is 1.73. The lowest BCUT2D eigenvalue weighted by molar-refractivity contribution is 0.102. The van der Waals surface area contributed by atoms with Gasteiger partial charge >= 0.3 is 0 Å². The van der Waals surface area contributed by atoms with Gasteiger partial charge in [0.15, 0.2) is 0 Å². The molecule has 2 fully saturated rings. The first-order valence-electron chi connectivity index (χ1n) is 8.02. The second-order valence-corrected chi connectivity index (χ2v) is 6.41. The van der Waals surface area contributed by atoms with Crippen LogP contribution in [-0.4, -0.2) is 20.7 Å². The molecule has 0 saturated heterocycles. The van der Waals surface area contributed by atoms with Crippen LogP contribution in [0.25, 0.3) is 0 Å². The van der Waals surface area contributed by atoms with Crippen LogP contribution in [0.2, 0.25) is 0 Å². The molecular formula is C17H20N4O. The fraction of sp³-hybridized carbons (Fsp3) is 0.471. The lowest BCUT2D eigenvalue weighted by atomic mass is 9.81. The van der Waals surface area contributed by atoms with Crippen LogP contribution in [0.1, 0.15) is 65.7 Å².